The molecule has 0 spiro atoms. The predicted octanol–water partition coefficient (Wildman–Crippen LogP) is 2.31. The molecule has 0 fully saturated rings. The number of ether oxygens (including phenoxy) is 1. The first-order valence-corrected chi connectivity index (χ1v) is 11.0. The first kappa shape index (κ1) is 25.3. The van der Waals surface area contributed by atoms with Crippen LogP contribution in [0, 0.1) is 13.8 Å². The Morgan fingerprint density at radius 2 is 1.86 bits per heavy atom. The number of carbonyl (C=O) groups is 3. The van der Waals surface area contributed by atoms with Crippen molar-refractivity contribution in [3.8, 4) is 0 Å². The Morgan fingerprint density at radius 3 is 2.51 bits per heavy atom. The molecule has 0 unspecified atom stereocenters. The zero-order valence-corrected chi connectivity index (χ0v) is 20.2. The molecule has 2 N–H and O–H groups in total. The monoisotopic (exact) mass is 477 g/mol. The highest BCUT2D eigenvalue weighted by Gasteiger charge is 2.39. The van der Waals surface area contributed by atoms with Crippen LogP contribution in [0.1, 0.15) is 29.7 Å². The van der Waals surface area contributed by atoms with Crippen molar-refractivity contribution in [1.82, 2.24) is 15.0 Å². The van der Waals surface area contributed by atoms with Crippen molar-refractivity contribution in [2.45, 2.75) is 26.7 Å². The number of H-pyrrole nitrogens is 1. The lowest BCUT2D eigenvalue weighted by atomic mass is 9.93. The molecule has 0 aliphatic rings. The highest BCUT2D eigenvalue weighted by molar-refractivity contribution is 6.54. The van der Waals surface area contributed by atoms with Gasteiger partial charge in [-0.05, 0) is 44.5 Å². The molecule has 1 atom stereocenters. The maximum absolute atomic E-state index is 13.4. The maximum Gasteiger partial charge on any atom is 0.375 e. The molecule has 2 aromatic carbocycles. The van der Waals surface area contributed by atoms with Gasteiger partial charge in [-0.3, -0.25) is 14.4 Å². The van der Waals surface area contributed by atoms with Crippen LogP contribution in [0.4, 0.5) is 5.69 Å². The van der Waals surface area contributed by atoms with Gasteiger partial charge in [0.2, 0.25) is 0 Å². The number of esters is 1. The van der Waals surface area contributed by atoms with Gasteiger partial charge in [-0.1, -0.05) is 29.8 Å². The van der Waals surface area contributed by atoms with Gasteiger partial charge in [-0.15, -0.1) is 0 Å². The zero-order valence-electron chi connectivity index (χ0n) is 20.2. The number of hydrogen-bond donors (Lipinski definition) is 2. The van der Waals surface area contributed by atoms with Gasteiger partial charge in [-0.25, -0.2) is 9.78 Å². The predicted molar refractivity (Wildman–Crippen MR) is 132 cm³/mol. The molecule has 0 saturated heterocycles. The summed E-state index contributed by atoms with van der Waals surface area (Å²) in [6.07, 6.45) is 0. The second-order valence-corrected chi connectivity index (χ2v) is 8.09. The summed E-state index contributed by atoms with van der Waals surface area (Å²) in [5, 5.41) is 8.24. The number of ketones is 1. The number of aromatic nitrogens is 2. The minimum Gasteiger partial charge on any atom is -0.460 e. The van der Waals surface area contributed by atoms with E-state index in [1.54, 1.807) is 51.4 Å². The summed E-state index contributed by atoms with van der Waals surface area (Å²) in [5.41, 5.74) is 1.67. The lowest BCUT2D eigenvalue weighted by molar-refractivity contribution is -0.153. The van der Waals surface area contributed by atoms with Crippen molar-refractivity contribution < 1.29 is 19.1 Å². The van der Waals surface area contributed by atoms with E-state index in [1.807, 2.05) is 26.0 Å². The van der Waals surface area contributed by atoms with Gasteiger partial charge in [-0.2, -0.15) is 5.10 Å². The van der Waals surface area contributed by atoms with Crippen molar-refractivity contribution in [3.63, 3.8) is 0 Å². The van der Waals surface area contributed by atoms with Gasteiger partial charge in [0.15, 0.2) is 0 Å². The summed E-state index contributed by atoms with van der Waals surface area (Å²) < 4.78 is 4.89. The normalized spacial score (nSPS) is 12.2. The number of carbonyl (C=O) groups excluding carboxylic acids is 3. The van der Waals surface area contributed by atoms with E-state index >= 15 is 0 Å². The van der Waals surface area contributed by atoms with Crippen LogP contribution in [0.15, 0.2) is 52.4 Å². The number of Topliss-reactive ketones (excluding diaryl/α,β-unsaturated/α-hetero) is 1. The molecule has 1 amide bonds. The van der Waals surface area contributed by atoms with E-state index in [1.165, 1.54) is 5.01 Å². The van der Waals surface area contributed by atoms with Gasteiger partial charge in [0.05, 0.1) is 17.6 Å². The first-order valence-electron chi connectivity index (χ1n) is 11.0. The SMILES string of the molecule is CCOC(=O)C(=O)[C@H](/C(=N\N(C)C)C(=O)Nc1ccc(C)cc1C)c1nc2ccccc2[nH]c1=O. The molecule has 35 heavy (non-hydrogen) atoms. The van der Waals surface area contributed by atoms with E-state index in [2.05, 4.69) is 20.4 Å². The highest BCUT2D eigenvalue weighted by Crippen LogP contribution is 2.21. The quantitative estimate of drug-likeness (QED) is 0.220. The number of fused-ring (bicyclic) bond motifs is 1. The number of hydrogen-bond acceptors (Lipinski definition) is 8. The van der Waals surface area contributed by atoms with Crippen LogP contribution >= 0.6 is 0 Å². The minimum atomic E-state index is -1.70. The Balaban J connectivity index is 2.19. The Hall–Kier alpha value is -4.34. The van der Waals surface area contributed by atoms with Crippen molar-refractivity contribution >= 4 is 40.1 Å². The van der Waals surface area contributed by atoms with Crippen LogP contribution in [-0.4, -0.2) is 59.1 Å². The van der Waals surface area contributed by atoms with Crippen LogP contribution < -0.4 is 10.9 Å². The van der Waals surface area contributed by atoms with Crippen LogP contribution in [0.3, 0.4) is 0 Å². The Bertz CT molecular complexity index is 1380. The Labute approximate surface area is 202 Å². The molecule has 3 aromatic rings. The fraction of sp³-hybridized carbons (Fsp3) is 0.280. The van der Waals surface area contributed by atoms with E-state index < -0.39 is 29.1 Å². The second-order valence-electron chi connectivity index (χ2n) is 8.09. The number of para-hydroxylation sites is 2. The fourth-order valence-corrected chi connectivity index (χ4v) is 3.53. The number of hydrazone groups is 1. The zero-order chi connectivity index (χ0) is 25.7. The molecule has 10 heteroatoms. The van der Waals surface area contributed by atoms with E-state index in [0.29, 0.717) is 16.7 Å². The summed E-state index contributed by atoms with van der Waals surface area (Å²) in [6, 6.07) is 12.1. The van der Waals surface area contributed by atoms with Crippen LogP contribution in [0.2, 0.25) is 0 Å². The molecular formula is C25H27N5O5. The van der Waals surface area contributed by atoms with Crippen LogP contribution in [0.25, 0.3) is 11.0 Å². The van der Waals surface area contributed by atoms with E-state index in [-0.39, 0.29) is 18.0 Å². The number of anilines is 1. The van der Waals surface area contributed by atoms with Crippen molar-refractivity contribution in [2.24, 2.45) is 5.10 Å². The largest absolute Gasteiger partial charge is 0.460 e. The molecule has 10 nitrogen and oxygen atoms in total. The van der Waals surface area contributed by atoms with Gasteiger partial charge >= 0.3 is 5.97 Å². The van der Waals surface area contributed by atoms with Gasteiger partial charge in [0.25, 0.3) is 17.2 Å². The Morgan fingerprint density at radius 1 is 1.14 bits per heavy atom. The second kappa shape index (κ2) is 10.7. The molecule has 3 rings (SSSR count). The van der Waals surface area contributed by atoms with Gasteiger partial charge in [0.1, 0.15) is 17.3 Å². The number of amides is 1. The van der Waals surface area contributed by atoms with Crippen molar-refractivity contribution in [2.75, 3.05) is 26.0 Å². The molecular weight excluding hydrogens is 450 g/mol. The van der Waals surface area contributed by atoms with Gasteiger partial charge in [0, 0.05) is 19.8 Å². The topological polar surface area (TPSA) is 134 Å². The summed E-state index contributed by atoms with van der Waals surface area (Å²) in [7, 11) is 3.10. The molecule has 182 valence electrons. The lowest BCUT2D eigenvalue weighted by Gasteiger charge is -2.19. The molecule has 1 heterocycles. The minimum absolute atomic E-state index is 0.0618. The molecule has 0 aliphatic heterocycles. The van der Waals surface area contributed by atoms with Crippen LogP contribution in [0.5, 0.6) is 0 Å². The average Bonchev–Trinajstić information content (AvgIpc) is 2.80. The van der Waals surface area contributed by atoms with E-state index in [9.17, 15) is 19.2 Å². The third-order valence-electron chi connectivity index (χ3n) is 5.08. The standard InChI is InChI=1S/C25H27N5O5/c1-6-35-25(34)22(31)19(20-23(32)28-18-10-8-7-9-17(18)26-20)21(29-30(4)5)24(33)27-16-12-11-14(2)13-15(16)3/h7-13,19H,6H2,1-5H3,(H,27,33)(H,28,32)/b29-21+/t19-/m0/s1. The van der Waals surface area contributed by atoms with Crippen LogP contribution in [-0.2, 0) is 19.1 Å². The van der Waals surface area contributed by atoms with Crippen molar-refractivity contribution in [3.05, 3.63) is 69.6 Å². The molecule has 0 saturated carbocycles. The molecule has 1 aromatic heterocycles. The van der Waals surface area contributed by atoms with E-state index in [4.69, 9.17) is 4.74 Å². The number of rotatable bonds is 8. The summed E-state index contributed by atoms with van der Waals surface area (Å²) in [5.74, 6) is -4.78. The Kier molecular flexibility index (Phi) is 7.75. The third kappa shape index (κ3) is 5.78. The van der Waals surface area contributed by atoms with Gasteiger partial charge < -0.3 is 20.0 Å². The van der Waals surface area contributed by atoms with Crippen molar-refractivity contribution in [1.29, 1.82) is 0 Å². The highest BCUT2D eigenvalue weighted by atomic mass is 16.5. The summed E-state index contributed by atoms with van der Waals surface area (Å²) in [6.45, 7) is 5.22. The number of aryl methyl sites for hydroxylation is 2. The summed E-state index contributed by atoms with van der Waals surface area (Å²) >= 11 is 0. The third-order valence-corrected chi connectivity index (χ3v) is 5.08. The number of nitrogens with zero attached hydrogens (tertiary/aromatic N) is 3. The van der Waals surface area contributed by atoms with E-state index in [0.717, 1.165) is 11.1 Å². The summed E-state index contributed by atoms with van der Waals surface area (Å²) in [4.78, 5) is 59.2. The molecule has 0 bridgehead atoms. The number of benzene rings is 2. The lowest BCUT2D eigenvalue weighted by Crippen LogP contribution is -2.41. The molecule has 0 radical (unpaired) electrons. The molecule has 0 aliphatic carbocycles. The first-order chi connectivity index (χ1) is 16.6. The number of nitrogens with one attached hydrogen (secondary N) is 2. The number of aromatic amines is 1. The smallest absolute Gasteiger partial charge is 0.375 e. The maximum atomic E-state index is 13.4. The average molecular weight is 478 g/mol. The fourth-order valence-electron chi connectivity index (χ4n) is 3.53.